The number of carbonyl (C=O) groups excluding carboxylic acids is 1. The van der Waals surface area contributed by atoms with Crippen molar-refractivity contribution < 1.29 is 14.7 Å². The average Bonchev–Trinajstić information content (AvgIpc) is 2.80. The van der Waals surface area contributed by atoms with Gasteiger partial charge in [0.05, 0.1) is 11.3 Å². The van der Waals surface area contributed by atoms with Crippen molar-refractivity contribution >= 4 is 40.5 Å². The Labute approximate surface area is 185 Å². The standard InChI is InChI=1S/C24H22ClN3O3/c25-18-6-9-20(10-7-18)27-12-14-28(15-13-27)22-11-8-19(16-21(22)24(30)31)26-23(29)17-4-2-1-3-5-17/h1-11,16H,12-15H2,(H,26,29)(H,30,31). The largest absolute Gasteiger partial charge is 0.478 e. The van der Waals surface area contributed by atoms with Crippen LogP contribution in [0.4, 0.5) is 17.1 Å². The van der Waals surface area contributed by atoms with Crippen LogP contribution in [0, 0.1) is 0 Å². The summed E-state index contributed by atoms with van der Waals surface area (Å²) in [6.45, 7) is 2.93. The van der Waals surface area contributed by atoms with Gasteiger partial charge < -0.3 is 20.2 Å². The molecule has 1 amide bonds. The van der Waals surface area contributed by atoms with Crippen molar-refractivity contribution in [3.63, 3.8) is 0 Å². The Morgan fingerprint density at radius 1 is 0.839 bits per heavy atom. The second-order valence-corrected chi connectivity index (χ2v) is 7.74. The predicted molar refractivity (Wildman–Crippen MR) is 124 cm³/mol. The highest BCUT2D eigenvalue weighted by molar-refractivity contribution is 6.30. The number of carboxylic acid groups (broad SMARTS) is 1. The van der Waals surface area contributed by atoms with Crippen LogP contribution in [0.1, 0.15) is 20.7 Å². The zero-order valence-corrected chi connectivity index (χ0v) is 17.5. The van der Waals surface area contributed by atoms with E-state index >= 15 is 0 Å². The number of amides is 1. The van der Waals surface area contributed by atoms with Crippen LogP contribution < -0.4 is 15.1 Å². The van der Waals surface area contributed by atoms with Crippen LogP contribution in [0.5, 0.6) is 0 Å². The highest BCUT2D eigenvalue weighted by Crippen LogP contribution is 2.27. The molecule has 2 N–H and O–H groups in total. The summed E-state index contributed by atoms with van der Waals surface area (Å²) in [7, 11) is 0. The Morgan fingerprint density at radius 2 is 1.48 bits per heavy atom. The third kappa shape index (κ3) is 4.81. The van der Waals surface area contributed by atoms with Crippen LogP contribution in [0.25, 0.3) is 0 Å². The van der Waals surface area contributed by atoms with Crippen LogP contribution >= 0.6 is 11.6 Å². The summed E-state index contributed by atoms with van der Waals surface area (Å²) in [6.07, 6.45) is 0. The topological polar surface area (TPSA) is 72.9 Å². The van der Waals surface area contributed by atoms with Gasteiger partial charge in [-0.3, -0.25) is 4.79 Å². The summed E-state index contributed by atoms with van der Waals surface area (Å²) in [5.41, 5.74) is 2.89. The number of hydrogen-bond acceptors (Lipinski definition) is 4. The Hall–Kier alpha value is -3.51. The minimum atomic E-state index is -1.02. The molecule has 1 fully saturated rings. The number of carboxylic acids is 1. The molecule has 4 rings (SSSR count). The fourth-order valence-electron chi connectivity index (χ4n) is 3.71. The maximum Gasteiger partial charge on any atom is 0.337 e. The molecule has 3 aromatic carbocycles. The maximum atomic E-state index is 12.4. The zero-order valence-electron chi connectivity index (χ0n) is 16.8. The predicted octanol–water partition coefficient (Wildman–Crippen LogP) is 4.62. The molecule has 1 aliphatic rings. The summed E-state index contributed by atoms with van der Waals surface area (Å²) < 4.78 is 0. The first-order valence-corrected chi connectivity index (χ1v) is 10.4. The molecule has 0 spiro atoms. The number of rotatable bonds is 5. The second-order valence-electron chi connectivity index (χ2n) is 7.31. The van der Waals surface area contributed by atoms with E-state index in [1.54, 1.807) is 36.4 Å². The Kier molecular flexibility index (Phi) is 6.09. The molecule has 1 aliphatic heterocycles. The first-order chi connectivity index (χ1) is 15.0. The van der Waals surface area contributed by atoms with Gasteiger partial charge in [-0.2, -0.15) is 0 Å². The van der Waals surface area contributed by atoms with Crippen LogP contribution in [0.15, 0.2) is 72.8 Å². The second kappa shape index (κ2) is 9.10. The molecule has 0 bridgehead atoms. The number of hydrogen-bond donors (Lipinski definition) is 2. The van der Waals surface area contributed by atoms with Gasteiger partial charge in [-0.25, -0.2) is 4.79 Å². The molecule has 1 saturated heterocycles. The molecule has 0 radical (unpaired) electrons. The lowest BCUT2D eigenvalue weighted by Crippen LogP contribution is -2.47. The summed E-state index contributed by atoms with van der Waals surface area (Å²) >= 11 is 5.97. The smallest absolute Gasteiger partial charge is 0.337 e. The van der Waals surface area contributed by atoms with Gasteiger partial charge in [0, 0.05) is 48.1 Å². The minimum absolute atomic E-state index is 0.172. The van der Waals surface area contributed by atoms with Gasteiger partial charge in [-0.1, -0.05) is 29.8 Å². The zero-order chi connectivity index (χ0) is 21.8. The quantitative estimate of drug-likeness (QED) is 0.612. The number of nitrogens with one attached hydrogen (secondary N) is 1. The maximum absolute atomic E-state index is 12.4. The number of anilines is 3. The highest BCUT2D eigenvalue weighted by atomic mass is 35.5. The number of piperazine rings is 1. The van der Waals surface area contributed by atoms with Gasteiger partial charge >= 0.3 is 5.97 Å². The van der Waals surface area contributed by atoms with Crippen molar-refractivity contribution in [2.24, 2.45) is 0 Å². The van der Waals surface area contributed by atoms with E-state index in [1.165, 1.54) is 6.07 Å². The lowest BCUT2D eigenvalue weighted by atomic mass is 10.1. The van der Waals surface area contributed by atoms with Crippen molar-refractivity contribution in [3.8, 4) is 0 Å². The lowest BCUT2D eigenvalue weighted by Gasteiger charge is -2.38. The number of benzene rings is 3. The molecule has 1 heterocycles. The van der Waals surface area contributed by atoms with Crippen LogP contribution in [-0.2, 0) is 0 Å². The number of halogens is 1. The van der Waals surface area contributed by atoms with Gasteiger partial charge in [0.15, 0.2) is 0 Å². The van der Waals surface area contributed by atoms with Crippen LogP contribution in [0.3, 0.4) is 0 Å². The molecular weight excluding hydrogens is 414 g/mol. The van der Waals surface area contributed by atoms with Gasteiger partial charge in [-0.05, 0) is 54.6 Å². The lowest BCUT2D eigenvalue weighted by molar-refractivity contribution is 0.0697. The SMILES string of the molecule is O=C(Nc1ccc(N2CCN(c3ccc(Cl)cc3)CC2)c(C(=O)O)c1)c1ccccc1. The average molecular weight is 436 g/mol. The van der Waals surface area contributed by atoms with E-state index in [2.05, 4.69) is 15.1 Å². The monoisotopic (exact) mass is 435 g/mol. The minimum Gasteiger partial charge on any atom is -0.478 e. The molecule has 0 atom stereocenters. The van der Waals surface area contributed by atoms with E-state index in [4.69, 9.17) is 11.6 Å². The van der Waals surface area contributed by atoms with Crippen molar-refractivity contribution in [1.82, 2.24) is 0 Å². The third-order valence-electron chi connectivity index (χ3n) is 5.33. The van der Waals surface area contributed by atoms with Crippen molar-refractivity contribution in [1.29, 1.82) is 0 Å². The molecular formula is C24H22ClN3O3. The highest BCUT2D eigenvalue weighted by Gasteiger charge is 2.22. The molecule has 7 heteroatoms. The summed E-state index contributed by atoms with van der Waals surface area (Å²) in [6, 6.07) is 21.6. The van der Waals surface area contributed by atoms with Crippen molar-refractivity contribution in [2.45, 2.75) is 0 Å². The van der Waals surface area contributed by atoms with E-state index in [0.29, 0.717) is 35.1 Å². The fourth-order valence-corrected chi connectivity index (χ4v) is 3.84. The van der Waals surface area contributed by atoms with Crippen LogP contribution in [-0.4, -0.2) is 43.2 Å². The summed E-state index contributed by atoms with van der Waals surface area (Å²) in [5, 5.41) is 13.2. The Bertz CT molecular complexity index is 1080. The van der Waals surface area contributed by atoms with Crippen molar-refractivity contribution in [2.75, 3.05) is 41.3 Å². The summed E-state index contributed by atoms with van der Waals surface area (Å²) in [5.74, 6) is -1.30. The Morgan fingerprint density at radius 3 is 2.13 bits per heavy atom. The normalized spacial score (nSPS) is 13.7. The first kappa shape index (κ1) is 20.8. The molecule has 0 aromatic heterocycles. The van der Waals surface area contributed by atoms with Gasteiger partial charge in [-0.15, -0.1) is 0 Å². The van der Waals surface area contributed by atoms with E-state index < -0.39 is 5.97 Å². The van der Waals surface area contributed by atoms with Crippen molar-refractivity contribution in [3.05, 3.63) is 88.9 Å². The number of aromatic carboxylic acids is 1. The van der Waals surface area contributed by atoms with Gasteiger partial charge in [0.25, 0.3) is 5.91 Å². The molecule has 6 nitrogen and oxygen atoms in total. The molecule has 0 aliphatic carbocycles. The molecule has 0 saturated carbocycles. The third-order valence-corrected chi connectivity index (χ3v) is 5.58. The number of nitrogens with zero attached hydrogens (tertiary/aromatic N) is 2. The van der Waals surface area contributed by atoms with E-state index in [1.807, 2.05) is 30.3 Å². The molecule has 31 heavy (non-hydrogen) atoms. The Balaban J connectivity index is 1.48. The molecule has 3 aromatic rings. The summed E-state index contributed by atoms with van der Waals surface area (Å²) in [4.78, 5) is 28.6. The number of carbonyl (C=O) groups is 2. The van der Waals surface area contributed by atoms with E-state index in [0.717, 1.165) is 18.8 Å². The van der Waals surface area contributed by atoms with Gasteiger partial charge in [0.1, 0.15) is 0 Å². The van der Waals surface area contributed by atoms with E-state index in [-0.39, 0.29) is 11.5 Å². The fraction of sp³-hybridized carbons (Fsp3) is 0.167. The first-order valence-electron chi connectivity index (χ1n) is 10.0. The molecule has 158 valence electrons. The van der Waals surface area contributed by atoms with Gasteiger partial charge in [0.2, 0.25) is 0 Å². The molecule has 0 unspecified atom stereocenters. The van der Waals surface area contributed by atoms with Crippen LogP contribution in [0.2, 0.25) is 5.02 Å². The van der Waals surface area contributed by atoms with E-state index in [9.17, 15) is 14.7 Å².